The Kier molecular flexibility index (Phi) is 3.25. The van der Waals surface area contributed by atoms with Crippen LogP contribution in [0.1, 0.15) is 12.5 Å². The van der Waals surface area contributed by atoms with Crippen molar-refractivity contribution in [3.8, 4) is 0 Å². The number of halogens is 1. The van der Waals surface area contributed by atoms with Gasteiger partial charge in [0.2, 0.25) is 0 Å². The summed E-state index contributed by atoms with van der Waals surface area (Å²) in [7, 11) is 0. The molecule has 0 amide bonds. The minimum atomic E-state index is -0.481. The van der Waals surface area contributed by atoms with Crippen LogP contribution in [0.5, 0.6) is 0 Å². The number of nitrogens with zero attached hydrogens (tertiary/aromatic N) is 1. The molecule has 1 rings (SSSR count). The summed E-state index contributed by atoms with van der Waals surface area (Å²) in [6.45, 7) is 5.32. The number of hydrogen-bond acceptors (Lipinski definition) is 2. The van der Waals surface area contributed by atoms with E-state index in [2.05, 4.69) is 6.58 Å². The van der Waals surface area contributed by atoms with Crippen LogP contribution in [0.25, 0.3) is 0 Å². The molecule has 0 bridgehead atoms. The van der Waals surface area contributed by atoms with Crippen molar-refractivity contribution in [2.75, 3.05) is 0 Å². The van der Waals surface area contributed by atoms with Gasteiger partial charge in [-0.1, -0.05) is 36.7 Å². The molecule has 0 spiro atoms. The molecular weight excluding hydrogens is 202 g/mol. The Morgan fingerprint density at radius 2 is 2.29 bits per heavy atom. The average molecular weight is 211 g/mol. The van der Waals surface area contributed by atoms with Crippen LogP contribution in [-0.4, -0.2) is 4.92 Å². The molecule has 0 aliphatic heterocycles. The molecule has 0 aliphatic carbocycles. The molecule has 1 radical (unpaired) electrons. The third kappa shape index (κ3) is 1.93. The molecular formula is C10H9ClNO2. The topological polar surface area (TPSA) is 43.1 Å². The second-order valence-corrected chi connectivity index (χ2v) is 3.19. The molecule has 0 saturated carbocycles. The van der Waals surface area contributed by atoms with Gasteiger partial charge in [-0.2, -0.15) is 0 Å². The zero-order chi connectivity index (χ0) is 10.7. The van der Waals surface area contributed by atoms with Crippen molar-refractivity contribution in [1.29, 1.82) is 0 Å². The van der Waals surface area contributed by atoms with Gasteiger partial charge >= 0.3 is 0 Å². The van der Waals surface area contributed by atoms with Crippen molar-refractivity contribution in [3.05, 3.63) is 57.5 Å². The van der Waals surface area contributed by atoms with Gasteiger partial charge in [0.05, 0.1) is 4.92 Å². The maximum atomic E-state index is 10.7. The van der Waals surface area contributed by atoms with Crippen LogP contribution in [-0.2, 0) is 0 Å². The molecule has 0 saturated heterocycles. The Morgan fingerprint density at radius 3 is 2.79 bits per heavy atom. The fraction of sp³-hybridized carbons (Fsp3) is 0.100. The number of hydrogen-bond donors (Lipinski definition) is 0. The van der Waals surface area contributed by atoms with Crippen molar-refractivity contribution in [2.45, 2.75) is 6.92 Å². The largest absolute Gasteiger partial charge is 0.291 e. The van der Waals surface area contributed by atoms with E-state index in [1.165, 1.54) is 6.07 Å². The van der Waals surface area contributed by atoms with Gasteiger partial charge in [0.1, 0.15) is 5.02 Å². The number of para-hydroxylation sites is 1. The lowest BCUT2D eigenvalue weighted by Gasteiger charge is -2.06. The SMILES string of the molecule is C=C[C](C)c1cccc(Cl)c1[N+](=O)[O-]. The number of nitro groups is 1. The summed E-state index contributed by atoms with van der Waals surface area (Å²) >= 11 is 5.74. The van der Waals surface area contributed by atoms with Crippen LogP contribution in [0.3, 0.4) is 0 Å². The van der Waals surface area contributed by atoms with Gasteiger partial charge in [-0.25, -0.2) is 0 Å². The van der Waals surface area contributed by atoms with Crippen LogP contribution in [0.2, 0.25) is 5.02 Å². The third-order valence-corrected chi connectivity index (χ3v) is 2.21. The Labute approximate surface area is 87.2 Å². The van der Waals surface area contributed by atoms with Crippen molar-refractivity contribution < 1.29 is 4.92 Å². The minimum Gasteiger partial charge on any atom is -0.258 e. The zero-order valence-corrected chi connectivity index (χ0v) is 8.41. The van der Waals surface area contributed by atoms with Gasteiger partial charge in [-0.3, -0.25) is 10.1 Å². The highest BCUT2D eigenvalue weighted by Gasteiger charge is 2.20. The molecule has 0 atom stereocenters. The number of benzene rings is 1. The third-order valence-electron chi connectivity index (χ3n) is 1.90. The smallest absolute Gasteiger partial charge is 0.258 e. The molecule has 0 fully saturated rings. The van der Waals surface area contributed by atoms with Gasteiger partial charge in [0, 0.05) is 11.5 Å². The van der Waals surface area contributed by atoms with E-state index in [0.717, 1.165) is 5.92 Å². The Balaban J connectivity index is 3.35. The first-order valence-corrected chi connectivity index (χ1v) is 4.35. The molecule has 0 heterocycles. The first-order valence-electron chi connectivity index (χ1n) is 3.97. The molecule has 1 aromatic rings. The molecule has 4 heteroatoms. The molecule has 3 nitrogen and oxygen atoms in total. The fourth-order valence-corrected chi connectivity index (χ4v) is 1.37. The molecule has 0 aliphatic rings. The highest BCUT2D eigenvalue weighted by Crippen LogP contribution is 2.32. The van der Waals surface area contributed by atoms with E-state index in [9.17, 15) is 10.1 Å². The van der Waals surface area contributed by atoms with Crippen molar-refractivity contribution >= 4 is 17.3 Å². The van der Waals surface area contributed by atoms with Gasteiger partial charge in [0.15, 0.2) is 0 Å². The van der Waals surface area contributed by atoms with E-state index >= 15 is 0 Å². The van der Waals surface area contributed by atoms with Crippen LogP contribution >= 0.6 is 11.6 Å². The van der Waals surface area contributed by atoms with Crippen LogP contribution in [0.4, 0.5) is 5.69 Å². The zero-order valence-electron chi connectivity index (χ0n) is 7.66. The van der Waals surface area contributed by atoms with Gasteiger partial charge in [0.25, 0.3) is 5.69 Å². The summed E-state index contributed by atoms with van der Waals surface area (Å²) < 4.78 is 0. The van der Waals surface area contributed by atoms with E-state index < -0.39 is 4.92 Å². The molecule has 0 N–H and O–H groups in total. The monoisotopic (exact) mass is 210 g/mol. The van der Waals surface area contributed by atoms with Crippen molar-refractivity contribution in [2.24, 2.45) is 0 Å². The number of allylic oxidation sites excluding steroid dienone is 1. The second kappa shape index (κ2) is 4.24. The summed E-state index contributed by atoms with van der Waals surface area (Å²) in [6, 6.07) is 4.83. The number of nitro benzene ring substituents is 1. The van der Waals surface area contributed by atoms with Gasteiger partial charge in [-0.05, 0) is 6.07 Å². The highest BCUT2D eigenvalue weighted by atomic mass is 35.5. The van der Waals surface area contributed by atoms with Crippen LogP contribution in [0.15, 0.2) is 30.9 Å². The summed E-state index contributed by atoms with van der Waals surface area (Å²) in [6.07, 6.45) is 1.57. The lowest BCUT2D eigenvalue weighted by Crippen LogP contribution is -1.98. The fourth-order valence-electron chi connectivity index (χ4n) is 1.13. The predicted molar refractivity (Wildman–Crippen MR) is 56.3 cm³/mol. The average Bonchev–Trinajstić information content (AvgIpc) is 2.15. The summed E-state index contributed by atoms with van der Waals surface area (Å²) in [5.41, 5.74) is 0.448. The van der Waals surface area contributed by atoms with E-state index in [1.54, 1.807) is 25.1 Å². The molecule has 1 aromatic carbocycles. The van der Waals surface area contributed by atoms with E-state index in [1.807, 2.05) is 0 Å². The maximum Gasteiger partial charge on any atom is 0.291 e. The maximum absolute atomic E-state index is 10.7. The van der Waals surface area contributed by atoms with Crippen LogP contribution < -0.4 is 0 Å². The standard InChI is InChI=1S/C10H9ClNO2/c1-3-7(2)8-5-4-6-9(11)10(8)12(13)14/h3-6H,1H2,2H3. The Bertz CT molecular complexity index is 376. The van der Waals surface area contributed by atoms with Gasteiger partial charge < -0.3 is 0 Å². The lowest BCUT2D eigenvalue weighted by atomic mass is 10.00. The van der Waals surface area contributed by atoms with E-state index in [-0.39, 0.29) is 10.7 Å². The minimum absolute atomic E-state index is 0.0634. The quantitative estimate of drug-likeness (QED) is 0.567. The first-order chi connectivity index (χ1) is 6.57. The molecule has 73 valence electrons. The van der Waals surface area contributed by atoms with Crippen molar-refractivity contribution in [3.63, 3.8) is 0 Å². The first kappa shape index (κ1) is 10.7. The summed E-state index contributed by atoms with van der Waals surface area (Å²) in [4.78, 5) is 10.3. The molecule has 0 aromatic heterocycles. The second-order valence-electron chi connectivity index (χ2n) is 2.78. The van der Waals surface area contributed by atoms with E-state index in [4.69, 9.17) is 11.6 Å². The Hall–Kier alpha value is -1.35. The molecule has 0 unspecified atom stereocenters. The van der Waals surface area contributed by atoms with Gasteiger partial charge in [-0.15, -0.1) is 6.58 Å². The lowest BCUT2D eigenvalue weighted by molar-refractivity contribution is -0.385. The van der Waals surface area contributed by atoms with E-state index in [0.29, 0.717) is 5.56 Å². The van der Waals surface area contributed by atoms with Crippen LogP contribution in [0, 0.1) is 16.0 Å². The highest BCUT2D eigenvalue weighted by molar-refractivity contribution is 6.32. The normalized spacial score (nSPS) is 10.2. The Morgan fingerprint density at radius 1 is 1.64 bits per heavy atom. The summed E-state index contributed by atoms with van der Waals surface area (Å²) in [5.74, 6) is 0.735. The predicted octanol–water partition coefficient (Wildman–Crippen LogP) is 3.38. The van der Waals surface area contributed by atoms with Crippen molar-refractivity contribution in [1.82, 2.24) is 0 Å². The molecule has 14 heavy (non-hydrogen) atoms. The summed E-state index contributed by atoms with van der Waals surface area (Å²) in [5, 5.41) is 10.9. The number of rotatable bonds is 3.